The molecule has 0 radical (unpaired) electrons. The number of fused-ring (bicyclic) bond motifs is 1. The molecule has 2 aromatic carbocycles. The van der Waals surface area contributed by atoms with Gasteiger partial charge in [0.2, 0.25) is 11.9 Å². The SMILES string of the molecule is CC(=O)Nc1ccc(S(=O)(=O)n2ccc3cnc(Nc4ccc(CC#N)cc4)nc32)cc1. The van der Waals surface area contributed by atoms with E-state index in [2.05, 4.69) is 26.7 Å². The number of aromatic nitrogens is 3. The Kier molecular flexibility index (Phi) is 5.57. The first-order valence-electron chi connectivity index (χ1n) is 9.57. The number of amides is 1. The van der Waals surface area contributed by atoms with Gasteiger partial charge >= 0.3 is 0 Å². The van der Waals surface area contributed by atoms with Crippen molar-refractivity contribution in [1.82, 2.24) is 13.9 Å². The summed E-state index contributed by atoms with van der Waals surface area (Å²) in [7, 11) is -3.91. The zero-order chi connectivity index (χ0) is 22.7. The lowest BCUT2D eigenvalue weighted by molar-refractivity contribution is -0.114. The topological polar surface area (TPSA) is 130 Å². The summed E-state index contributed by atoms with van der Waals surface area (Å²) in [6.07, 6.45) is 3.29. The number of nitrogens with one attached hydrogen (secondary N) is 2. The molecular weight excluding hydrogens is 428 g/mol. The van der Waals surface area contributed by atoms with Gasteiger partial charge in [0, 0.05) is 36.1 Å². The van der Waals surface area contributed by atoms with Crippen LogP contribution in [0.4, 0.5) is 17.3 Å². The second-order valence-electron chi connectivity index (χ2n) is 6.95. The summed E-state index contributed by atoms with van der Waals surface area (Å²) in [5, 5.41) is 15.0. The van der Waals surface area contributed by atoms with Crippen LogP contribution in [0.2, 0.25) is 0 Å². The number of hydrogen-bond donors (Lipinski definition) is 2. The molecule has 4 aromatic rings. The summed E-state index contributed by atoms with van der Waals surface area (Å²) in [6.45, 7) is 1.38. The molecule has 0 aliphatic heterocycles. The largest absolute Gasteiger partial charge is 0.326 e. The third-order valence-electron chi connectivity index (χ3n) is 4.62. The van der Waals surface area contributed by atoms with Crippen molar-refractivity contribution in [2.24, 2.45) is 0 Å². The lowest BCUT2D eigenvalue weighted by Crippen LogP contribution is -2.13. The van der Waals surface area contributed by atoms with Gasteiger partial charge in [-0.1, -0.05) is 12.1 Å². The molecule has 0 aliphatic carbocycles. The van der Waals surface area contributed by atoms with Gasteiger partial charge in [-0.15, -0.1) is 0 Å². The Morgan fingerprint density at radius 1 is 1.06 bits per heavy atom. The first kappa shape index (κ1) is 21.0. The Hall–Kier alpha value is -4.23. The van der Waals surface area contributed by atoms with Gasteiger partial charge in [0.25, 0.3) is 10.0 Å². The van der Waals surface area contributed by atoms with Crippen LogP contribution < -0.4 is 10.6 Å². The number of benzene rings is 2. The minimum absolute atomic E-state index is 0.0605. The maximum atomic E-state index is 13.2. The third-order valence-corrected chi connectivity index (χ3v) is 6.30. The Balaban J connectivity index is 1.64. The summed E-state index contributed by atoms with van der Waals surface area (Å²) >= 11 is 0. The fraction of sp³-hybridized carbons (Fsp3) is 0.0909. The van der Waals surface area contributed by atoms with Crippen LogP contribution >= 0.6 is 0 Å². The van der Waals surface area contributed by atoms with Gasteiger partial charge in [-0.2, -0.15) is 10.2 Å². The molecule has 0 saturated carbocycles. The maximum absolute atomic E-state index is 13.2. The summed E-state index contributed by atoms with van der Waals surface area (Å²) in [6, 6.07) is 16.9. The molecule has 32 heavy (non-hydrogen) atoms. The van der Waals surface area contributed by atoms with Crippen molar-refractivity contribution in [2.75, 3.05) is 10.6 Å². The van der Waals surface area contributed by atoms with Crippen molar-refractivity contribution in [1.29, 1.82) is 5.26 Å². The molecule has 1 amide bonds. The minimum atomic E-state index is -3.91. The lowest BCUT2D eigenvalue weighted by atomic mass is 10.1. The van der Waals surface area contributed by atoms with E-state index in [1.54, 1.807) is 24.4 Å². The number of nitrogens with zero attached hydrogens (tertiary/aromatic N) is 4. The Labute approximate surface area is 184 Å². The summed E-state index contributed by atoms with van der Waals surface area (Å²) in [5.41, 5.74) is 2.33. The van der Waals surface area contributed by atoms with Gasteiger partial charge < -0.3 is 10.6 Å². The number of carbonyl (C=O) groups is 1. The second kappa shape index (κ2) is 8.49. The number of carbonyl (C=O) groups excluding carboxylic acids is 1. The molecular formula is C22H18N6O3S. The number of nitriles is 1. The Morgan fingerprint density at radius 2 is 1.75 bits per heavy atom. The zero-order valence-corrected chi connectivity index (χ0v) is 17.8. The van der Waals surface area contributed by atoms with E-state index >= 15 is 0 Å². The molecule has 160 valence electrons. The molecule has 9 nitrogen and oxygen atoms in total. The Bertz CT molecular complexity index is 1440. The molecule has 2 heterocycles. The number of rotatable bonds is 6. The fourth-order valence-electron chi connectivity index (χ4n) is 3.10. The highest BCUT2D eigenvalue weighted by molar-refractivity contribution is 7.90. The van der Waals surface area contributed by atoms with Crippen LogP contribution in [0.3, 0.4) is 0 Å². The van der Waals surface area contributed by atoms with Crippen molar-refractivity contribution >= 4 is 44.3 Å². The first-order chi connectivity index (χ1) is 15.4. The van der Waals surface area contributed by atoms with Crippen molar-refractivity contribution in [3.63, 3.8) is 0 Å². The van der Waals surface area contributed by atoms with E-state index in [0.29, 0.717) is 23.2 Å². The van der Waals surface area contributed by atoms with Gasteiger partial charge in [-0.05, 0) is 48.0 Å². The van der Waals surface area contributed by atoms with Gasteiger partial charge in [0.05, 0.1) is 17.4 Å². The highest BCUT2D eigenvalue weighted by Crippen LogP contribution is 2.23. The van der Waals surface area contributed by atoms with E-state index in [-0.39, 0.29) is 22.4 Å². The average molecular weight is 446 g/mol. The van der Waals surface area contributed by atoms with E-state index in [4.69, 9.17) is 5.26 Å². The monoisotopic (exact) mass is 446 g/mol. The molecule has 0 unspecified atom stereocenters. The lowest BCUT2D eigenvalue weighted by Gasteiger charge is -2.09. The quantitative estimate of drug-likeness (QED) is 0.464. The molecule has 0 bridgehead atoms. The van der Waals surface area contributed by atoms with Crippen LogP contribution in [-0.2, 0) is 21.2 Å². The van der Waals surface area contributed by atoms with Crippen molar-refractivity contribution in [3.05, 3.63) is 72.6 Å². The van der Waals surface area contributed by atoms with Crippen LogP contribution in [0.5, 0.6) is 0 Å². The molecule has 0 saturated heterocycles. The highest BCUT2D eigenvalue weighted by Gasteiger charge is 2.20. The van der Waals surface area contributed by atoms with E-state index in [9.17, 15) is 13.2 Å². The van der Waals surface area contributed by atoms with Crippen LogP contribution in [0.15, 0.2) is 71.9 Å². The Morgan fingerprint density at radius 3 is 2.41 bits per heavy atom. The van der Waals surface area contributed by atoms with E-state index in [1.807, 2.05) is 12.1 Å². The molecule has 0 fully saturated rings. The van der Waals surface area contributed by atoms with Crippen molar-refractivity contribution in [3.8, 4) is 6.07 Å². The molecule has 4 rings (SSSR count). The molecule has 10 heteroatoms. The second-order valence-corrected chi connectivity index (χ2v) is 8.77. The van der Waals surface area contributed by atoms with E-state index < -0.39 is 10.0 Å². The van der Waals surface area contributed by atoms with Gasteiger partial charge in [-0.25, -0.2) is 17.4 Å². The van der Waals surface area contributed by atoms with Crippen molar-refractivity contribution < 1.29 is 13.2 Å². The standard InChI is InChI=1S/C22H18N6O3S/c1-15(29)25-18-6-8-20(9-7-18)32(30,31)28-13-11-17-14-24-22(27-21(17)28)26-19-4-2-16(3-5-19)10-12-23/h2-9,11,13-14H,10H2,1H3,(H,25,29)(H,24,26,27). The molecule has 2 N–H and O–H groups in total. The van der Waals surface area contributed by atoms with Crippen LogP contribution in [-0.4, -0.2) is 28.3 Å². The predicted molar refractivity (Wildman–Crippen MR) is 120 cm³/mol. The van der Waals surface area contributed by atoms with Crippen molar-refractivity contribution in [2.45, 2.75) is 18.2 Å². The third kappa shape index (κ3) is 4.28. The van der Waals surface area contributed by atoms with Gasteiger partial charge in [-0.3, -0.25) is 4.79 Å². The smallest absolute Gasteiger partial charge is 0.269 e. The average Bonchev–Trinajstić information content (AvgIpc) is 3.19. The highest BCUT2D eigenvalue weighted by atomic mass is 32.2. The van der Waals surface area contributed by atoms with Gasteiger partial charge in [0.1, 0.15) is 0 Å². The van der Waals surface area contributed by atoms with E-state index in [0.717, 1.165) is 9.54 Å². The fourth-order valence-corrected chi connectivity index (χ4v) is 4.40. The molecule has 0 spiro atoms. The summed E-state index contributed by atoms with van der Waals surface area (Å²) < 4.78 is 27.5. The van der Waals surface area contributed by atoms with Crippen LogP contribution in [0, 0.1) is 11.3 Å². The first-order valence-corrected chi connectivity index (χ1v) is 11.0. The van der Waals surface area contributed by atoms with Gasteiger partial charge in [0.15, 0.2) is 5.65 Å². The molecule has 2 aromatic heterocycles. The number of hydrogen-bond acceptors (Lipinski definition) is 7. The van der Waals surface area contributed by atoms with E-state index in [1.165, 1.54) is 37.4 Å². The number of anilines is 3. The molecule has 0 aliphatic rings. The maximum Gasteiger partial charge on any atom is 0.269 e. The summed E-state index contributed by atoms with van der Waals surface area (Å²) in [5.74, 6) is -0.00451. The summed E-state index contributed by atoms with van der Waals surface area (Å²) in [4.78, 5) is 19.9. The minimum Gasteiger partial charge on any atom is -0.326 e. The zero-order valence-electron chi connectivity index (χ0n) is 17.0. The van der Waals surface area contributed by atoms with Crippen LogP contribution in [0.1, 0.15) is 12.5 Å². The normalized spacial score (nSPS) is 11.1. The molecule has 0 atom stereocenters. The van der Waals surface area contributed by atoms with Crippen LogP contribution in [0.25, 0.3) is 11.0 Å². The predicted octanol–water partition coefficient (Wildman–Crippen LogP) is 3.44.